The van der Waals surface area contributed by atoms with Gasteiger partial charge in [-0.15, -0.1) is 15.0 Å². The number of carbonyl (C=O) groups is 1. The van der Waals surface area contributed by atoms with Gasteiger partial charge in [0, 0.05) is 22.1 Å². The highest BCUT2D eigenvalue weighted by molar-refractivity contribution is 6.31. The molecule has 0 bridgehead atoms. The number of fused-ring (bicyclic) bond motifs is 1. The van der Waals surface area contributed by atoms with Gasteiger partial charge in [-0.25, -0.2) is 0 Å². The normalized spacial score (nSPS) is 13.9. The van der Waals surface area contributed by atoms with Crippen molar-refractivity contribution in [2.45, 2.75) is 85.5 Å². The molecule has 1 N–H and O–H groups in total. The zero-order valence-corrected chi connectivity index (χ0v) is 22.1. The molecule has 0 aliphatic carbocycles. The van der Waals surface area contributed by atoms with Crippen LogP contribution in [0.5, 0.6) is 5.75 Å². The van der Waals surface area contributed by atoms with Crippen LogP contribution in [0.4, 0.5) is 0 Å². The molecule has 0 radical (unpaired) electrons. The lowest BCUT2D eigenvalue weighted by Gasteiger charge is -2.25. The van der Waals surface area contributed by atoms with E-state index in [9.17, 15) is 9.90 Å². The van der Waals surface area contributed by atoms with Crippen LogP contribution in [-0.4, -0.2) is 25.9 Å². The van der Waals surface area contributed by atoms with Crippen molar-refractivity contribution < 1.29 is 9.90 Å². The van der Waals surface area contributed by atoms with Crippen LogP contribution in [0.2, 0.25) is 5.02 Å². The van der Waals surface area contributed by atoms with Gasteiger partial charge in [0.15, 0.2) is 5.78 Å². The Labute approximate surface area is 208 Å². The molecule has 2 unspecified atom stereocenters. The summed E-state index contributed by atoms with van der Waals surface area (Å²) >= 11 is 6.12. The summed E-state index contributed by atoms with van der Waals surface area (Å²) in [6, 6.07) is 8.90. The molecule has 3 aromatic rings. The first kappa shape index (κ1) is 26.2. The highest BCUT2D eigenvalue weighted by Crippen LogP contribution is 2.37. The largest absolute Gasteiger partial charge is 0.505 e. The van der Waals surface area contributed by atoms with Gasteiger partial charge in [0.25, 0.3) is 0 Å². The summed E-state index contributed by atoms with van der Waals surface area (Å²) in [5, 5.41) is 20.9. The lowest BCUT2D eigenvalue weighted by molar-refractivity contribution is 0.0893. The highest BCUT2D eigenvalue weighted by atomic mass is 35.5. The Morgan fingerprint density at radius 2 is 1.76 bits per heavy atom. The van der Waals surface area contributed by atoms with Crippen molar-refractivity contribution >= 4 is 28.4 Å². The Balaban J connectivity index is 2.07. The first-order chi connectivity index (χ1) is 16.1. The van der Waals surface area contributed by atoms with Gasteiger partial charge in [0.2, 0.25) is 0 Å². The van der Waals surface area contributed by atoms with Crippen molar-refractivity contribution in [3.63, 3.8) is 0 Å². The van der Waals surface area contributed by atoms with Crippen LogP contribution in [0, 0.1) is 11.8 Å². The number of hydrogen-bond donors (Lipinski definition) is 1. The molecule has 0 fully saturated rings. The summed E-state index contributed by atoms with van der Waals surface area (Å²) in [5.41, 5.74) is 2.67. The number of benzene rings is 2. The lowest BCUT2D eigenvalue weighted by atomic mass is 9.80. The fourth-order valence-electron chi connectivity index (χ4n) is 4.56. The summed E-state index contributed by atoms with van der Waals surface area (Å²) in [6.07, 6.45) is 6.32. The van der Waals surface area contributed by atoms with Gasteiger partial charge < -0.3 is 5.11 Å². The Morgan fingerprint density at radius 1 is 1.06 bits per heavy atom. The van der Waals surface area contributed by atoms with E-state index in [1.54, 1.807) is 24.3 Å². The summed E-state index contributed by atoms with van der Waals surface area (Å²) in [4.78, 5) is 15.2. The van der Waals surface area contributed by atoms with Crippen molar-refractivity contribution in [2.24, 2.45) is 11.8 Å². The molecule has 2 atom stereocenters. The topological polar surface area (TPSA) is 68.0 Å². The SMILES string of the molecule is CCCCC(CC)CC(CC)C(=O)c1cc(-n2nc3ccc(Cl)cc3n2)c(O)c(C(C)(C)C)c1. The van der Waals surface area contributed by atoms with E-state index in [2.05, 4.69) is 31.0 Å². The lowest BCUT2D eigenvalue weighted by Crippen LogP contribution is -2.20. The number of aromatic hydroxyl groups is 1. The minimum Gasteiger partial charge on any atom is -0.505 e. The number of aromatic nitrogens is 3. The molecule has 1 heterocycles. The fourth-order valence-corrected chi connectivity index (χ4v) is 4.73. The van der Waals surface area contributed by atoms with Gasteiger partial charge in [-0.2, -0.15) is 0 Å². The number of phenols is 1. The third-order valence-corrected chi connectivity index (χ3v) is 7.00. The van der Waals surface area contributed by atoms with Crippen molar-refractivity contribution in [1.29, 1.82) is 0 Å². The molecule has 184 valence electrons. The molecule has 0 saturated carbocycles. The number of unbranched alkanes of at least 4 members (excludes halogenated alkanes) is 1. The molecule has 2 aromatic carbocycles. The average Bonchev–Trinajstić information content (AvgIpc) is 3.21. The second-order valence-corrected chi connectivity index (χ2v) is 10.8. The third-order valence-electron chi connectivity index (χ3n) is 6.76. The van der Waals surface area contributed by atoms with Crippen LogP contribution in [0.25, 0.3) is 16.7 Å². The number of nitrogens with zero attached hydrogens (tertiary/aromatic N) is 3. The molecule has 1 aromatic heterocycles. The molecule has 0 saturated heterocycles. The van der Waals surface area contributed by atoms with Crippen LogP contribution in [0.15, 0.2) is 30.3 Å². The van der Waals surface area contributed by atoms with Crippen molar-refractivity contribution in [1.82, 2.24) is 15.0 Å². The maximum absolute atomic E-state index is 13.7. The zero-order valence-electron chi connectivity index (χ0n) is 21.4. The van der Waals surface area contributed by atoms with Crippen molar-refractivity contribution in [3.05, 3.63) is 46.5 Å². The van der Waals surface area contributed by atoms with E-state index in [0.29, 0.717) is 38.8 Å². The second kappa shape index (κ2) is 10.9. The minimum atomic E-state index is -0.361. The number of halogens is 1. The third kappa shape index (κ3) is 5.80. The number of rotatable bonds is 10. The van der Waals surface area contributed by atoms with Gasteiger partial charge in [-0.1, -0.05) is 78.8 Å². The molecule has 0 aliphatic heterocycles. The van der Waals surface area contributed by atoms with Gasteiger partial charge in [0.05, 0.1) is 0 Å². The van der Waals surface area contributed by atoms with Crippen LogP contribution in [0.1, 0.15) is 96.0 Å². The zero-order chi connectivity index (χ0) is 25.0. The van der Waals surface area contributed by atoms with E-state index in [1.165, 1.54) is 17.6 Å². The van der Waals surface area contributed by atoms with Crippen molar-refractivity contribution in [3.8, 4) is 11.4 Å². The molecule has 5 nitrogen and oxygen atoms in total. The number of carbonyl (C=O) groups excluding carboxylic acids is 1. The van der Waals surface area contributed by atoms with Gasteiger partial charge in [-0.3, -0.25) is 4.79 Å². The second-order valence-electron chi connectivity index (χ2n) is 10.4. The van der Waals surface area contributed by atoms with Gasteiger partial charge in [-0.05, 0) is 54.5 Å². The monoisotopic (exact) mass is 483 g/mol. The number of hydrogen-bond acceptors (Lipinski definition) is 4. The Hall–Kier alpha value is -2.40. The Kier molecular flexibility index (Phi) is 8.40. The molecular formula is C28H38ClN3O2. The quantitative estimate of drug-likeness (QED) is 0.297. The minimum absolute atomic E-state index is 0.0459. The van der Waals surface area contributed by atoms with E-state index < -0.39 is 0 Å². The molecule has 34 heavy (non-hydrogen) atoms. The summed E-state index contributed by atoms with van der Waals surface area (Å²) in [6.45, 7) is 12.6. The average molecular weight is 484 g/mol. The summed E-state index contributed by atoms with van der Waals surface area (Å²) in [5.74, 6) is 0.729. The number of ketones is 1. The summed E-state index contributed by atoms with van der Waals surface area (Å²) < 4.78 is 0. The van der Waals surface area contributed by atoms with E-state index in [1.807, 2.05) is 26.8 Å². The summed E-state index contributed by atoms with van der Waals surface area (Å²) in [7, 11) is 0. The smallest absolute Gasteiger partial charge is 0.166 e. The van der Waals surface area contributed by atoms with Gasteiger partial charge in [0.1, 0.15) is 22.5 Å². The first-order valence-electron chi connectivity index (χ1n) is 12.5. The molecule has 0 aliphatic rings. The predicted molar refractivity (Wildman–Crippen MR) is 140 cm³/mol. The highest BCUT2D eigenvalue weighted by Gasteiger charge is 2.28. The Morgan fingerprint density at radius 3 is 2.38 bits per heavy atom. The maximum atomic E-state index is 13.7. The standard InChI is InChI=1S/C28H38ClN3O2/c1-7-10-11-18(8-2)14-19(9-3)26(33)20-15-22(28(4,5)6)27(34)25(16-20)32-30-23-13-12-21(29)17-24(23)31-32/h12-13,15-19,34H,7-11,14H2,1-6H3. The Bertz CT molecular complexity index is 1150. The predicted octanol–water partition coefficient (Wildman–Crippen LogP) is 7.89. The van der Waals surface area contributed by atoms with Crippen LogP contribution >= 0.6 is 11.6 Å². The molecular weight excluding hydrogens is 446 g/mol. The molecule has 3 rings (SSSR count). The number of phenolic OH excluding ortho intramolecular Hbond substituents is 1. The fraction of sp³-hybridized carbons (Fsp3) is 0.536. The van der Waals surface area contributed by atoms with Crippen LogP contribution < -0.4 is 0 Å². The van der Waals surface area contributed by atoms with Gasteiger partial charge >= 0.3 is 0 Å². The van der Waals surface area contributed by atoms with E-state index >= 15 is 0 Å². The molecule has 0 spiro atoms. The van der Waals surface area contributed by atoms with Crippen molar-refractivity contribution in [2.75, 3.05) is 0 Å². The maximum Gasteiger partial charge on any atom is 0.166 e. The van der Waals surface area contributed by atoms with E-state index in [0.717, 1.165) is 25.7 Å². The van der Waals surface area contributed by atoms with E-state index in [4.69, 9.17) is 11.6 Å². The first-order valence-corrected chi connectivity index (χ1v) is 12.9. The van der Waals surface area contributed by atoms with E-state index in [-0.39, 0.29) is 22.9 Å². The molecule has 6 heteroatoms. The number of Topliss-reactive ketones (excluding diaryl/α,β-unsaturated/α-hetero) is 1. The van der Waals surface area contributed by atoms with Crippen LogP contribution in [0.3, 0.4) is 0 Å². The molecule has 0 amide bonds. The van der Waals surface area contributed by atoms with Crippen LogP contribution in [-0.2, 0) is 5.41 Å².